The van der Waals surface area contributed by atoms with Crippen LogP contribution in [0.2, 0.25) is 10.0 Å². The molecule has 2 aliphatic carbocycles. The number of methoxy groups -OCH3 is 3. The van der Waals surface area contributed by atoms with Gasteiger partial charge in [0.1, 0.15) is 59.6 Å². The van der Waals surface area contributed by atoms with Crippen LogP contribution >= 0.6 is 45.9 Å². The fraction of sp³-hybridized carbons (Fsp3) is 0.350. The summed E-state index contributed by atoms with van der Waals surface area (Å²) >= 11 is 14.8. The molecule has 4 aromatic heterocycles. The number of nitrogens with zero attached hydrogens (tertiary/aromatic N) is 4. The molecule has 0 unspecified atom stereocenters. The third-order valence-corrected chi connectivity index (χ3v) is 16.8. The molecule has 4 atom stereocenters. The lowest BCUT2D eigenvalue weighted by Crippen LogP contribution is -2.47. The Morgan fingerprint density at radius 3 is 1.41 bits per heavy atom. The summed E-state index contributed by atoms with van der Waals surface area (Å²) in [5, 5.41) is 3.83. The molecule has 10 rings (SSSR count). The van der Waals surface area contributed by atoms with Crippen molar-refractivity contribution < 1.29 is 47.5 Å². The number of ether oxygens (including phenoxy) is 7. The molecule has 8 aromatic rings. The lowest BCUT2D eigenvalue weighted by molar-refractivity contribution is -0.156. The number of thiophene rings is 2. The first kappa shape index (κ1) is 59.1. The van der Waals surface area contributed by atoms with Crippen LogP contribution in [-0.2, 0) is 23.8 Å². The van der Waals surface area contributed by atoms with E-state index in [9.17, 15) is 24.0 Å². The molecule has 4 aromatic carbocycles. The molecular weight excluding hydrogens is 1130 g/mol. The molecule has 1 amide bonds. The van der Waals surface area contributed by atoms with Gasteiger partial charge >= 0.3 is 18.0 Å². The van der Waals surface area contributed by atoms with Crippen LogP contribution in [0.1, 0.15) is 53.4 Å². The fourth-order valence-corrected chi connectivity index (χ4v) is 11.1. The van der Waals surface area contributed by atoms with Gasteiger partial charge in [-0.2, -0.15) is 0 Å². The fourth-order valence-electron chi connectivity index (χ4n) is 8.77. The van der Waals surface area contributed by atoms with Crippen molar-refractivity contribution in [2.75, 3.05) is 34.5 Å². The van der Waals surface area contributed by atoms with Crippen molar-refractivity contribution in [3.8, 4) is 55.3 Å². The van der Waals surface area contributed by atoms with Crippen molar-refractivity contribution in [3.05, 3.63) is 140 Å². The van der Waals surface area contributed by atoms with Gasteiger partial charge in [-0.15, -0.1) is 22.7 Å². The summed E-state index contributed by atoms with van der Waals surface area (Å²) in [5.41, 5.74) is 9.91. The van der Waals surface area contributed by atoms with E-state index in [4.69, 9.17) is 57.4 Å². The quantitative estimate of drug-likeness (QED) is 0.0504. The zero-order valence-electron chi connectivity index (χ0n) is 46.1. The van der Waals surface area contributed by atoms with Crippen LogP contribution in [0.3, 0.4) is 0 Å². The lowest BCUT2D eigenvalue weighted by Gasteiger charge is -2.24. The standard InChI is InChI=1S/C31H32ClN3O7S.C29H30ClN3O5S/c1-17(2)27(34-31(38)40-4)30(37)42-25(18-5-6-18)15-41-23-12-11-21(13-24(23)39-3)35-16-33-22-14-26(43-28(22)29(35)36)19-7-9-20(32)10-8-19;1-16(2)26(31)29(35)38-24(17-4-5-17)14-37-22-11-10-20(12-23(22)36-3)33-15-32-21-13-25(39-27(21)28(33)34)18-6-8-19(30)9-7-18/h7-14,16-18,25,27H,5-6,15H2,1-4H3,(H,34,38);6-13,15-17,24,26H,4-5,14,31H2,1-3H3/t25-,27-;24-,26-/m00/s1. The van der Waals surface area contributed by atoms with Gasteiger partial charge < -0.3 is 44.2 Å². The van der Waals surface area contributed by atoms with Gasteiger partial charge in [-0.1, -0.05) is 75.2 Å². The molecule has 4 heterocycles. The number of rotatable bonds is 21. The zero-order valence-corrected chi connectivity index (χ0v) is 49.2. The van der Waals surface area contributed by atoms with Crippen molar-refractivity contribution >= 4 is 84.3 Å². The van der Waals surface area contributed by atoms with Crippen molar-refractivity contribution in [1.82, 2.24) is 24.4 Å². The molecule has 0 aliphatic heterocycles. The number of carbonyl (C=O) groups is 3. The Labute approximate surface area is 491 Å². The van der Waals surface area contributed by atoms with Crippen molar-refractivity contribution in [2.45, 2.75) is 77.7 Å². The predicted octanol–water partition coefficient (Wildman–Crippen LogP) is 11.3. The average molecular weight is 1190 g/mol. The number of amides is 1. The molecule has 2 saturated carbocycles. The molecular formula is C60H62Cl2N6O12S2. The third kappa shape index (κ3) is 14.0. The number of hydrogen-bond acceptors (Lipinski definition) is 17. The normalized spacial score (nSPS) is 14.5. The zero-order chi connectivity index (χ0) is 58.4. The van der Waals surface area contributed by atoms with Crippen LogP contribution in [0.5, 0.6) is 23.0 Å². The van der Waals surface area contributed by atoms with Crippen LogP contribution < -0.4 is 41.1 Å². The summed E-state index contributed by atoms with van der Waals surface area (Å²) in [5.74, 6) is 1.04. The van der Waals surface area contributed by atoms with Gasteiger partial charge in [-0.05, 0) is 121 Å². The Morgan fingerprint density at radius 2 is 1.04 bits per heavy atom. The van der Waals surface area contributed by atoms with Crippen LogP contribution in [-0.4, -0.2) is 96.0 Å². The number of alkyl carbamates (subject to hydrolysis) is 1. The summed E-state index contributed by atoms with van der Waals surface area (Å²) in [7, 11) is 4.29. The summed E-state index contributed by atoms with van der Waals surface area (Å²) in [6, 6.07) is 27.6. The Morgan fingerprint density at radius 1 is 0.610 bits per heavy atom. The van der Waals surface area contributed by atoms with Crippen LogP contribution in [0.4, 0.5) is 4.79 Å². The number of esters is 2. The topological polar surface area (TPSA) is 224 Å². The highest BCUT2D eigenvalue weighted by Crippen LogP contribution is 2.39. The van der Waals surface area contributed by atoms with E-state index in [1.165, 1.54) is 65.8 Å². The first-order valence-electron chi connectivity index (χ1n) is 26.6. The minimum absolute atomic E-state index is 0.0128. The van der Waals surface area contributed by atoms with Gasteiger partial charge in [0.2, 0.25) is 0 Å². The van der Waals surface area contributed by atoms with Crippen LogP contribution in [0.15, 0.2) is 119 Å². The molecule has 18 nitrogen and oxygen atoms in total. The minimum Gasteiger partial charge on any atom is -0.493 e. The first-order valence-corrected chi connectivity index (χ1v) is 29.0. The van der Waals surface area contributed by atoms with E-state index in [0.717, 1.165) is 46.6 Å². The number of nitrogens with one attached hydrogen (secondary N) is 1. The van der Waals surface area contributed by atoms with Crippen molar-refractivity contribution in [2.24, 2.45) is 29.4 Å². The molecule has 22 heteroatoms. The van der Waals surface area contributed by atoms with E-state index >= 15 is 0 Å². The number of aromatic nitrogens is 4. The molecule has 2 aliphatic rings. The SMILES string of the molecule is COC(=O)N[C@H](C(=O)O[C@@H](COc1ccc(-n2cnc3cc(-c4ccc(Cl)cc4)sc3c2=O)cc1OC)C1CC1)C(C)C.COc1cc(-n2cnc3cc(-c4ccc(Cl)cc4)sc3c2=O)ccc1OC[C@H](OC(=O)[C@@H](N)C(C)C)C1CC1. The second kappa shape index (κ2) is 26.2. The summed E-state index contributed by atoms with van der Waals surface area (Å²) in [4.78, 5) is 74.8. The number of hydrogen-bond donors (Lipinski definition) is 2. The first-order chi connectivity index (χ1) is 39.4. The molecule has 430 valence electrons. The highest BCUT2D eigenvalue weighted by atomic mass is 35.5. The van der Waals surface area contributed by atoms with Gasteiger partial charge in [0, 0.05) is 31.9 Å². The van der Waals surface area contributed by atoms with E-state index < -0.39 is 36.2 Å². The number of fused-ring (bicyclic) bond motifs is 2. The Bertz CT molecular complexity index is 3710. The molecule has 0 radical (unpaired) electrons. The predicted molar refractivity (Wildman–Crippen MR) is 318 cm³/mol. The maximum absolute atomic E-state index is 13.5. The Hall–Kier alpha value is -7.49. The van der Waals surface area contributed by atoms with E-state index in [1.54, 1.807) is 36.4 Å². The maximum atomic E-state index is 13.5. The van der Waals surface area contributed by atoms with E-state index in [2.05, 4.69) is 20.0 Å². The Kier molecular flexibility index (Phi) is 18.9. The van der Waals surface area contributed by atoms with Gasteiger partial charge in [-0.3, -0.25) is 23.5 Å². The van der Waals surface area contributed by atoms with Crippen molar-refractivity contribution in [1.29, 1.82) is 0 Å². The van der Waals surface area contributed by atoms with Gasteiger partial charge in [-0.25, -0.2) is 19.6 Å². The number of nitrogens with two attached hydrogens (primary N) is 1. The molecule has 0 bridgehead atoms. The second-order valence-electron chi connectivity index (χ2n) is 20.5. The smallest absolute Gasteiger partial charge is 0.407 e. The van der Waals surface area contributed by atoms with Crippen molar-refractivity contribution in [3.63, 3.8) is 0 Å². The summed E-state index contributed by atoms with van der Waals surface area (Å²) in [6.07, 6.45) is 5.21. The van der Waals surface area contributed by atoms with Gasteiger partial charge in [0.15, 0.2) is 23.0 Å². The largest absolute Gasteiger partial charge is 0.493 e. The highest BCUT2D eigenvalue weighted by Gasteiger charge is 2.38. The number of halogens is 2. The van der Waals surface area contributed by atoms with E-state index in [-0.39, 0.29) is 54.1 Å². The highest BCUT2D eigenvalue weighted by molar-refractivity contribution is 7.22. The Balaban J connectivity index is 0.000000198. The maximum Gasteiger partial charge on any atom is 0.407 e. The molecule has 3 N–H and O–H groups in total. The van der Waals surface area contributed by atoms with Gasteiger partial charge in [0.25, 0.3) is 11.1 Å². The van der Waals surface area contributed by atoms with Crippen LogP contribution in [0.25, 0.3) is 52.7 Å². The summed E-state index contributed by atoms with van der Waals surface area (Å²) in [6.45, 7) is 7.69. The molecule has 2 fully saturated rings. The van der Waals surface area contributed by atoms with Crippen LogP contribution in [0, 0.1) is 23.7 Å². The monoisotopic (exact) mass is 1190 g/mol. The third-order valence-electron chi connectivity index (χ3n) is 14.0. The minimum atomic E-state index is -0.850. The summed E-state index contributed by atoms with van der Waals surface area (Å²) < 4.78 is 43.4. The number of carbonyl (C=O) groups excluding carboxylic acids is 3. The molecule has 0 saturated heterocycles. The average Bonchev–Trinajstić information content (AvgIpc) is 4.46. The number of benzene rings is 4. The molecule has 0 spiro atoms. The lowest BCUT2D eigenvalue weighted by atomic mass is 10.0. The molecule has 82 heavy (non-hydrogen) atoms. The second-order valence-corrected chi connectivity index (χ2v) is 23.5. The van der Waals surface area contributed by atoms with Gasteiger partial charge in [0.05, 0.1) is 43.7 Å². The van der Waals surface area contributed by atoms with E-state index in [0.29, 0.717) is 64.9 Å². The van der Waals surface area contributed by atoms with E-state index in [1.807, 2.05) is 88.4 Å².